The second-order valence-corrected chi connectivity index (χ2v) is 6.54. The van der Waals surface area contributed by atoms with Gasteiger partial charge < -0.3 is 9.64 Å². The SMILES string of the molecule is O=Cc1ccc(C(=O)OCC(=O)N(Cc2ccccc2)Cc2ccccc2)cc1. The highest BCUT2D eigenvalue weighted by molar-refractivity contribution is 5.92. The average Bonchev–Trinajstić information content (AvgIpc) is 2.78. The molecule has 29 heavy (non-hydrogen) atoms. The molecule has 0 aromatic heterocycles. The number of carbonyl (C=O) groups is 3. The van der Waals surface area contributed by atoms with E-state index in [4.69, 9.17) is 4.74 Å². The van der Waals surface area contributed by atoms with E-state index in [1.807, 2.05) is 60.7 Å². The molecule has 0 heterocycles. The van der Waals surface area contributed by atoms with Gasteiger partial charge in [0.05, 0.1) is 5.56 Å². The summed E-state index contributed by atoms with van der Waals surface area (Å²) in [5, 5.41) is 0. The van der Waals surface area contributed by atoms with Gasteiger partial charge in [0.1, 0.15) is 6.29 Å². The standard InChI is InChI=1S/C24H21NO4/c26-17-21-11-13-22(14-12-21)24(28)29-18-23(27)25(15-19-7-3-1-4-8-19)16-20-9-5-2-6-10-20/h1-14,17H,15-16,18H2. The smallest absolute Gasteiger partial charge is 0.338 e. The highest BCUT2D eigenvalue weighted by Crippen LogP contribution is 2.11. The maximum absolute atomic E-state index is 12.8. The fourth-order valence-electron chi connectivity index (χ4n) is 2.84. The summed E-state index contributed by atoms with van der Waals surface area (Å²) >= 11 is 0. The van der Waals surface area contributed by atoms with E-state index < -0.39 is 5.97 Å². The summed E-state index contributed by atoms with van der Waals surface area (Å²) in [7, 11) is 0. The van der Waals surface area contributed by atoms with Crippen molar-refractivity contribution in [1.29, 1.82) is 0 Å². The van der Waals surface area contributed by atoms with E-state index in [2.05, 4.69) is 0 Å². The lowest BCUT2D eigenvalue weighted by Gasteiger charge is -2.23. The van der Waals surface area contributed by atoms with Crippen LogP contribution in [0.3, 0.4) is 0 Å². The van der Waals surface area contributed by atoms with E-state index in [9.17, 15) is 14.4 Å². The van der Waals surface area contributed by atoms with Gasteiger partial charge in [0.25, 0.3) is 5.91 Å². The van der Waals surface area contributed by atoms with Gasteiger partial charge in [-0.15, -0.1) is 0 Å². The molecule has 5 nitrogen and oxygen atoms in total. The summed E-state index contributed by atoms with van der Waals surface area (Å²) in [6, 6.07) is 25.4. The Labute approximate surface area is 169 Å². The molecular formula is C24H21NO4. The van der Waals surface area contributed by atoms with Crippen LogP contribution in [0.2, 0.25) is 0 Å². The number of esters is 1. The number of aldehydes is 1. The highest BCUT2D eigenvalue weighted by atomic mass is 16.5. The van der Waals surface area contributed by atoms with Crippen LogP contribution in [0, 0.1) is 0 Å². The number of ether oxygens (including phenoxy) is 1. The molecule has 0 saturated carbocycles. The number of hydrogen-bond acceptors (Lipinski definition) is 4. The zero-order chi connectivity index (χ0) is 20.5. The summed E-state index contributed by atoms with van der Waals surface area (Å²) in [5.41, 5.74) is 2.75. The van der Waals surface area contributed by atoms with Crippen LogP contribution < -0.4 is 0 Å². The molecular weight excluding hydrogens is 366 g/mol. The first kappa shape index (κ1) is 20.0. The monoisotopic (exact) mass is 387 g/mol. The van der Waals surface area contributed by atoms with Gasteiger partial charge in [-0.2, -0.15) is 0 Å². The Hall–Kier alpha value is -3.73. The lowest BCUT2D eigenvalue weighted by Crippen LogP contribution is -2.33. The number of carbonyl (C=O) groups excluding carboxylic acids is 3. The van der Waals surface area contributed by atoms with Gasteiger partial charge in [-0.05, 0) is 23.3 Å². The van der Waals surface area contributed by atoms with Gasteiger partial charge in [0.15, 0.2) is 6.61 Å². The third kappa shape index (κ3) is 5.87. The van der Waals surface area contributed by atoms with Crippen LogP contribution in [0.1, 0.15) is 31.8 Å². The second kappa shape index (κ2) is 9.99. The molecule has 0 atom stereocenters. The van der Waals surface area contributed by atoms with Crippen LogP contribution in [-0.2, 0) is 22.6 Å². The minimum Gasteiger partial charge on any atom is -0.452 e. The van der Waals surface area contributed by atoms with Crippen molar-refractivity contribution in [2.24, 2.45) is 0 Å². The summed E-state index contributed by atoms with van der Waals surface area (Å²) in [6.45, 7) is 0.480. The van der Waals surface area contributed by atoms with E-state index in [1.165, 1.54) is 24.3 Å². The van der Waals surface area contributed by atoms with Crippen molar-refractivity contribution in [3.8, 4) is 0 Å². The number of nitrogens with zero attached hydrogens (tertiary/aromatic N) is 1. The number of benzene rings is 3. The minimum atomic E-state index is -0.602. The van der Waals surface area contributed by atoms with E-state index in [0.29, 0.717) is 30.5 Å². The molecule has 0 saturated heterocycles. The number of rotatable bonds is 8. The van der Waals surface area contributed by atoms with Crippen molar-refractivity contribution in [2.75, 3.05) is 6.61 Å². The Bertz CT molecular complexity index is 912. The third-order valence-electron chi connectivity index (χ3n) is 4.39. The normalized spacial score (nSPS) is 10.2. The Morgan fingerprint density at radius 2 is 1.28 bits per heavy atom. The summed E-state index contributed by atoms with van der Waals surface area (Å²) in [6.07, 6.45) is 0.698. The average molecular weight is 387 g/mol. The van der Waals surface area contributed by atoms with E-state index in [1.54, 1.807) is 4.90 Å². The second-order valence-electron chi connectivity index (χ2n) is 6.54. The molecule has 0 unspecified atom stereocenters. The topological polar surface area (TPSA) is 63.7 Å². The fraction of sp³-hybridized carbons (Fsp3) is 0.125. The van der Waals surface area contributed by atoms with Gasteiger partial charge in [0.2, 0.25) is 0 Å². The molecule has 0 radical (unpaired) electrons. The van der Waals surface area contributed by atoms with E-state index in [-0.39, 0.29) is 12.5 Å². The zero-order valence-electron chi connectivity index (χ0n) is 15.9. The van der Waals surface area contributed by atoms with E-state index >= 15 is 0 Å². The van der Waals surface area contributed by atoms with Gasteiger partial charge in [0, 0.05) is 18.7 Å². The van der Waals surface area contributed by atoms with E-state index in [0.717, 1.165) is 11.1 Å². The molecule has 1 amide bonds. The van der Waals surface area contributed by atoms with Gasteiger partial charge in [-0.25, -0.2) is 4.79 Å². The van der Waals surface area contributed by atoms with Crippen molar-refractivity contribution in [1.82, 2.24) is 4.90 Å². The van der Waals surface area contributed by atoms with Crippen LogP contribution in [0.5, 0.6) is 0 Å². The Morgan fingerprint density at radius 1 is 0.759 bits per heavy atom. The number of hydrogen-bond donors (Lipinski definition) is 0. The first-order valence-electron chi connectivity index (χ1n) is 9.23. The summed E-state index contributed by atoms with van der Waals surface area (Å²) < 4.78 is 5.20. The first-order valence-corrected chi connectivity index (χ1v) is 9.23. The van der Waals surface area contributed by atoms with Gasteiger partial charge >= 0.3 is 5.97 Å². The lowest BCUT2D eigenvalue weighted by molar-refractivity contribution is -0.135. The highest BCUT2D eigenvalue weighted by Gasteiger charge is 2.17. The molecule has 0 aliphatic carbocycles. The molecule has 0 spiro atoms. The molecule has 0 aliphatic heterocycles. The minimum absolute atomic E-state index is 0.282. The molecule has 0 fully saturated rings. The van der Waals surface area contributed by atoms with Crippen molar-refractivity contribution < 1.29 is 19.1 Å². The zero-order valence-corrected chi connectivity index (χ0v) is 15.9. The lowest BCUT2D eigenvalue weighted by atomic mass is 10.1. The predicted molar refractivity (Wildman–Crippen MR) is 109 cm³/mol. The fourth-order valence-corrected chi connectivity index (χ4v) is 2.84. The Kier molecular flexibility index (Phi) is 6.90. The molecule has 0 bridgehead atoms. The van der Waals surface area contributed by atoms with Gasteiger partial charge in [-0.1, -0.05) is 72.8 Å². The summed E-state index contributed by atoms with van der Waals surface area (Å²) in [5.74, 6) is -0.884. The first-order chi connectivity index (χ1) is 14.2. The van der Waals surface area contributed by atoms with Crippen LogP contribution >= 0.6 is 0 Å². The van der Waals surface area contributed by atoms with Crippen LogP contribution in [-0.4, -0.2) is 29.7 Å². The molecule has 3 rings (SSSR count). The quantitative estimate of drug-likeness (QED) is 0.435. The molecule has 5 heteroatoms. The largest absolute Gasteiger partial charge is 0.452 e. The maximum atomic E-state index is 12.8. The predicted octanol–water partition coefficient (Wildman–Crippen LogP) is 3.88. The Morgan fingerprint density at radius 3 is 1.76 bits per heavy atom. The van der Waals surface area contributed by atoms with Crippen molar-refractivity contribution in [2.45, 2.75) is 13.1 Å². The maximum Gasteiger partial charge on any atom is 0.338 e. The third-order valence-corrected chi connectivity index (χ3v) is 4.39. The molecule has 146 valence electrons. The number of amides is 1. The molecule has 3 aromatic carbocycles. The van der Waals surface area contributed by atoms with Crippen LogP contribution in [0.15, 0.2) is 84.9 Å². The van der Waals surface area contributed by atoms with Crippen LogP contribution in [0.25, 0.3) is 0 Å². The van der Waals surface area contributed by atoms with Crippen molar-refractivity contribution >= 4 is 18.2 Å². The molecule has 0 N–H and O–H groups in total. The summed E-state index contributed by atoms with van der Waals surface area (Å²) in [4.78, 5) is 37.4. The van der Waals surface area contributed by atoms with Crippen molar-refractivity contribution in [3.63, 3.8) is 0 Å². The van der Waals surface area contributed by atoms with Crippen LogP contribution in [0.4, 0.5) is 0 Å². The molecule has 0 aliphatic rings. The Balaban J connectivity index is 1.66. The van der Waals surface area contributed by atoms with Crippen molar-refractivity contribution in [3.05, 3.63) is 107 Å². The molecule has 3 aromatic rings. The van der Waals surface area contributed by atoms with Gasteiger partial charge in [-0.3, -0.25) is 9.59 Å².